The molecule has 3 rings (SSSR count). The minimum Gasteiger partial charge on any atom is -0.378 e. The molecular weight excluding hydrogens is 372 g/mol. The SMILES string of the molecule is CC(C)CC(=O)NC[C@@H](c1ccc(N(C)C)cc1)[NH+]1CCN(c2ccccc2)CC1. The summed E-state index contributed by atoms with van der Waals surface area (Å²) in [5, 5.41) is 3.21. The highest BCUT2D eigenvalue weighted by Gasteiger charge is 2.29. The molecule has 0 unspecified atom stereocenters. The van der Waals surface area contributed by atoms with Gasteiger partial charge in [-0.2, -0.15) is 0 Å². The molecule has 1 heterocycles. The van der Waals surface area contributed by atoms with E-state index in [1.165, 1.54) is 16.9 Å². The Morgan fingerprint density at radius 1 is 1.03 bits per heavy atom. The van der Waals surface area contributed by atoms with Crippen LogP contribution in [0, 0.1) is 5.92 Å². The van der Waals surface area contributed by atoms with Crippen molar-refractivity contribution in [3.05, 3.63) is 60.2 Å². The van der Waals surface area contributed by atoms with Gasteiger partial charge in [0.15, 0.2) is 0 Å². The van der Waals surface area contributed by atoms with Crippen LogP contribution in [-0.4, -0.2) is 52.7 Å². The van der Waals surface area contributed by atoms with Crippen LogP contribution in [0.2, 0.25) is 0 Å². The molecule has 1 aliphatic heterocycles. The molecule has 0 spiro atoms. The fraction of sp³-hybridized carbons (Fsp3) is 0.480. The molecule has 5 heteroatoms. The van der Waals surface area contributed by atoms with Gasteiger partial charge in [-0.05, 0) is 30.2 Å². The molecule has 1 fully saturated rings. The average Bonchev–Trinajstić information content (AvgIpc) is 2.75. The van der Waals surface area contributed by atoms with Crippen molar-refractivity contribution in [2.24, 2.45) is 5.92 Å². The number of carbonyl (C=O) groups is 1. The number of hydrogen-bond donors (Lipinski definition) is 2. The van der Waals surface area contributed by atoms with E-state index in [0.717, 1.165) is 26.2 Å². The second-order valence-electron chi connectivity index (χ2n) is 8.92. The van der Waals surface area contributed by atoms with Gasteiger partial charge in [0.1, 0.15) is 6.04 Å². The van der Waals surface area contributed by atoms with Gasteiger partial charge in [-0.25, -0.2) is 0 Å². The molecule has 1 amide bonds. The van der Waals surface area contributed by atoms with Crippen molar-refractivity contribution >= 4 is 17.3 Å². The van der Waals surface area contributed by atoms with Gasteiger partial charge in [0.25, 0.3) is 0 Å². The van der Waals surface area contributed by atoms with Crippen LogP contribution in [-0.2, 0) is 4.79 Å². The van der Waals surface area contributed by atoms with Gasteiger partial charge in [-0.1, -0.05) is 44.2 Å². The number of nitrogens with one attached hydrogen (secondary N) is 2. The molecule has 0 saturated carbocycles. The highest BCUT2D eigenvalue weighted by molar-refractivity contribution is 5.76. The summed E-state index contributed by atoms with van der Waals surface area (Å²) >= 11 is 0. The Morgan fingerprint density at radius 3 is 2.23 bits per heavy atom. The molecule has 5 nitrogen and oxygen atoms in total. The Bertz CT molecular complexity index is 781. The largest absolute Gasteiger partial charge is 0.378 e. The second-order valence-corrected chi connectivity index (χ2v) is 8.92. The van der Waals surface area contributed by atoms with Gasteiger partial charge in [0.05, 0.1) is 32.7 Å². The van der Waals surface area contributed by atoms with Crippen LogP contribution in [0.15, 0.2) is 54.6 Å². The molecule has 2 N–H and O–H groups in total. The van der Waals surface area contributed by atoms with Gasteiger partial charge in [-0.3, -0.25) is 4.79 Å². The van der Waals surface area contributed by atoms with Crippen molar-refractivity contribution in [1.29, 1.82) is 0 Å². The first kappa shape index (κ1) is 22.2. The molecular formula is C25H37N4O+. The quantitative estimate of drug-likeness (QED) is 0.703. The molecule has 0 radical (unpaired) electrons. The Balaban J connectivity index is 1.70. The van der Waals surface area contributed by atoms with Crippen molar-refractivity contribution in [3.8, 4) is 0 Å². The molecule has 1 atom stereocenters. The number of carbonyl (C=O) groups excluding carboxylic acids is 1. The number of benzene rings is 2. The number of amides is 1. The lowest BCUT2D eigenvalue weighted by Gasteiger charge is -2.38. The Morgan fingerprint density at radius 2 is 1.67 bits per heavy atom. The zero-order chi connectivity index (χ0) is 21.5. The molecule has 162 valence electrons. The third-order valence-electron chi connectivity index (χ3n) is 5.93. The van der Waals surface area contributed by atoms with Gasteiger partial charge in [0, 0.05) is 37.5 Å². The van der Waals surface area contributed by atoms with Gasteiger partial charge in [0.2, 0.25) is 5.91 Å². The van der Waals surface area contributed by atoms with Crippen LogP contribution in [0.25, 0.3) is 0 Å². The minimum absolute atomic E-state index is 0.155. The lowest BCUT2D eigenvalue weighted by molar-refractivity contribution is -0.931. The fourth-order valence-electron chi connectivity index (χ4n) is 4.20. The van der Waals surface area contributed by atoms with Crippen LogP contribution in [0.5, 0.6) is 0 Å². The summed E-state index contributed by atoms with van der Waals surface area (Å²) in [7, 11) is 4.12. The highest BCUT2D eigenvalue weighted by atomic mass is 16.1. The molecule has 2 aromatic rings. The number of hydrogen-bond acceptors (Lipinski definition) is 3. The molecule has 1 aliphatic rings. The number of para-hydroxylation sites is 1. The standard InChI is InChI=1S/C25H36N4O/c1-20(2)18-25(30)26-19-24(21-10-12-22(13-11-21)27(3)4)29-16-14-28(15-17-29)23-8-6-5-7-9-23/h5-13,20,24H,14-19H2,1-4H3,(H,26,30)/p+1/t24-/m0/s1. The molecule has 0 bridgehead atoms. The summed E-state index contributed by atoms with van der Waals surface area (Å²) in [6, 6.07) is 19.7. The van der Waals surface area contributed by atoms with E-state index in [1.807, 2.05) is 0 Å². The van der Waals surface area contributed by atoms with E-state index in [0.29, 0.717) is 18.9 Å². The number of quaternary nitrogens is 1. The zero-order valence-corrected chi connectivity index (χ0v) is 18.9. The summed E-state index contributed by atoms with van der Waals surface area (Å²) in [4.78, 5) is 18.4. The van der Waals surface area contributed by atoms with Gasteiger partial charge in [-0.15, -0.1) is 0 Å². The summed E-state index contributed by atoms with van der Waals surface area (Å²) in [5.74, 6) is 0.534. The lowest BCUT2D eigenvalue weighted by atomic mass is 10.0. The zero-order valence-electron chi connectivity index (χ0n) is 18.9. The van der Waals surface area contributed by atoms with E-state index in [-0.39, 0.29) is 11.9 Å². The Hall–Kier alpha value is -2.53. The van der Waals surface area contributed by atoms with Crippen LogP contribution in [0.4, 0.5) is 11.4 Å². The van der Waals surface area contributed by atoms with Crippen molar-refractivity contribution in [1.82, 2.24) is 5.32 Å². The van der Waals surface area contributed by atoms with E-state index < -0.39 is 0 Å². The Labute approximate surface area is 181 Å². The van der Waals surface area contributed by atoms with Crippen LogP contribution in [0.1, 0.15) is 31.9 Å². The molecule has 0 aromatic heterocycles. The lowest BCUT2D eigenvalue weighted by Crippen LogP contribution is -3.15. The third-order valence-corrected chi connectivity index (χ3v) is 5.93. The third kappa shape index (κ3) is 5.99. The van der Waals surface area contributed by atoms with E-state index in [9.17, 15) is 4.79 Å². The maximum Gasteiger partial charge on any atom is 0.220 e. The monoisotopic (exact) mass is 409 g/mol. The van der Waals surface area contributed by atoms with E-state index in [2.05, 4.69) is 97.7 Å². The second kappa shape index (κ2) is 10.5. The number of piperazine rings is 1. The molecule has 0 aliphatic carbocycles. The highest BCUT2D eigenvalue weighted by Crippen LogP contribution is 2.18. The maximum atomic E-state index is 12.3. The van der Waals surface area contributed by atoms with E-state index >= 15 is 0 Å². The van der Waals surface area contributed by atoms with Crippen molar-refractivity contribution in [2.75, 3.05) is 56.6 Å². The summed E-state index contributed by atoms with van der Waals surface area (Å²) in [6.45, 7) is 9.06. The topological polar surface area (TPSA) is 40.0 Å². The Kier molecular flexibility index (Phi) is 7.75. The molecule has 30 heavy (non-hydrogen) atoms. The number of anilines is 2. The number of nitrogens with zero attached hydrogens (tertiary/aromatic N) is 2. The van der Waals surface area contributed by atoms with Crippen LogP contribution < -0.4 is 20.0 Å². The van der Waals surface area contributed by atoms with Crippen LogP contribution >= 0.6 is 0 Å². The van der Waals surface area contributed by atoms with Crippen molar-refractivity contribution in [3.63, 3.8) is 0 Å². The normalized spacial score (nSPS) is 15.8. The fourth-order valence-corrected chi connectivity index (χ4v) is 4.20. The first-order valence-electron chi connectivity index (χ1n) is 11.1. The maximum absolute atomic E-state index is 12.3. The summed E-state index contributed by atoms with van der Waals surface area (Å²) < 4.78 is 0. The van der Waals surface area contributed by atoms with Crippen molar-refractivity contribution < 1.29 is 9.69 Å². The molecule has 2 aromatic carbocycles. The van der Waals surface area contributed by atoms with Crippen LogP contribution in [0.3, 0.4) is 0 Å². The predicted molar refractivity (Wildman–Crippen MR) is 125 cm³/mol. The average molecular weight is 410 g/mol. The first-order chi connectivity index (χ1) is 14.4. The first-order valence-corrected chi connectivity index (χ1v) is 11.1. The minimum atomic E-state index is 0.155. The van der Waals surface area contributed by atoms with E-state index in [1.54, 1.807) is 4.90 Å². The van der Waals surface area contributed by atoms with Gasteiger partial charge >= 0.3 is 0 Å². The van der Waals surface area contributed by atoms with Gasteiger partial charge < -0.3 is 20.0 Å². The smallest absolute Gasteiger partial charge is 0.220 e. The van der Waals surface area contributed by atoms with E-state index in [4.69, 9.17) is 0 Å². The summed E-state index contributed by atoms with van der Waals surface area (Å²) in [5.41, 5.74) is 3.80. The van der Waals surface area contributed by atoms with Crippen molar-refractivity contribution in [2.45, 2.75) is 26.3 Å². The summed E-state index contributed by atoms with van der Waals surface area (Å²) in [6.07, 6.45) is 0.587. The number of rotatable bonds is 8. The molecule has 1 saturated heterocycles. The predicted octanol–water partition coefficient (Wildman–Crippen LogP) is 2.36.